The van der Waals surface area contributed by atoms with Crippen molar-refractivity contribution in [2.24, 2.45) is 5.41 Å². The summed E-state index contributed by atoms with van der Waals surface area (Å²) < 4.78 is 5.38. The molecule has 3 rings (SSSR count). The molecule has 0 bridgehead atoms. The van der Waals surface area contributed by atoms with Crippen LogP contribution >= 0.6 is 24.0 Å². The van der Waals surface area contributed by atoms with Crippen LogP contribution in [0.1, 0.15) is 18.4 Å². The van der Waals surface area contributed by atoms with Crippen molar-refractivity contribution in [2.45, 2.75) is 19.3 Å². The van der Waals surface area contributed by atoms with Crippen LogP contribution in [-0.4, -0.2) is 39.3 Å². The van der Waals surface area contributed by atoms with Crippen LogP contribution in [0, 0.1) is 5.41 Å². The van der Waals surface area contributed by atoms with Gasteiger partial charge in [0.1, 0.15) is 0 Å². The fraction of sp³-hybridized carbons (Fsp3) is 0.562. The standard InChI is InChI=1S/C16H21ClN2O2.ClH/c1-21-11-16(6-8-18-9-7-16)15(20)19-10-5-12-13(17)3-2-4-14(12)19;/h2-4,18H,5-11H2,1H3;1H. The molecule has 1 fully saturated rings. The summed E-state index contributed by atoms with van der Waals surface area (Å²) >= 11 is 6.25. The SMILES string of the molecule is COCC1(C(=O)N2CCc3c(Cl)cccc32)CCNCC1.Cl. The second-order valence-electron chi connectivity index (χ2n) is 5.91. The molecule has 4 nitrogen and oxygen atoms in total. The van der Waals surface area contributed by atoms with Gasteiger partial charge in [-0.05, 0) is 50.0 Å². The summed E-state index contributed by atoms with van der Waals surface area (Å²) in [5.74, 6) is 0.187. The lowest BCUT2D eigenvalue weighted by Gasteiger charge is -2.38. The lowest BCUT2D eigenvalue weighted by atomic mass is 9.78. The molecule has 1 aromatic rings. The summed E-state index contributed by atoms with van der Waals surface area (Å²) in [4.78, 5) is 15.1. The maximum atomic E-state index is 13.2. The summed E-state index contributed by atoms with van der Waals surface area (Å²) in [6, 6.07) is 5.80. The zero-order valence-electron chi connectivity index (χ0n) is 12.7. The Balaban J connectivity index is 0.00000176. The highest BCUT2D eigenvalue weighted by Gasteiger charge is 2.44. The van der Waals surface area contributed by atoms with Crippen molar-refractivity contribution < 1.29 is 9.53 Å². The maximum Gasteiger partial charge on any atom is 0.235 e. The van der Waals surface area contributed by atoms with Crippen molar-refractivity contribution in [1.29, 1.82) is 0 Å². The van der Waals surface area contributed by atoms with E-state index in [0.717, 1.165) is 55.2 Å². The van der Waals surface area contributed by atoms with Crippen molar-refractivity contribution in [3.05, 3.63) is 28.8 Å². The molecule has 0 aromatic heterocycles. The zero-order chi connectivity index (χ0) is 14.9. The molecule has 1 amide bonds. The predicted molar refractivity (Wildman–Crippen MR) is 91.2 cm³/mol. The third-order valence-electron chi connectivity index (χ3n) is 4.65. The maximum absolute atomic E-state index is 13.2. The summed E-state index contributed by atoms with van der Waals surface area (Å²) in [5, 5.41) is 4.08. The number of carbonyl (C=O) groups is 1. The number of nitrogens with zero attached hydrogens (tertiary/aromatic N) is 1. The van der Waals surface area contributed by atoms with Gasteiger partial charge in [-0.25, -0.2) is 0 Å². The number of fused-ring (bicyclic) bond motifs is 1. The van der Waals surface area contributed by atoms with E-state index in [4.69, 9.17) is 16.3 Å². The molecule has 2 aliphatic rings. The number of carbonyl (C=O) groups excluding carboxylic acids is 1. The van der Waals surface area contributed by atoms with E-state index in [-0.39, 0.29) is 18.3 Å². The minimum Gasteiger partial charge on any atom is -0.384 e. The van der Waals surface area contributed by atoms with E-state index in [1.165, 1.54) is 0 Å². The molecule has 0 unspecified atom stereocenters. The van der Waals surface area contributed by atoms with Gasteiger partial charge in [-0.3, -0.25) is 4.79 Å². The Morgan fingerprint density at radius 2 is 2.14 bits per heavy atom. The van der Waals surface area contributed by atoms with Crippen molar-refractivity contribution in [3.63, 3.8) is 0 Å². The lowest BCUT2D eigenvalue weighted by molar-refractivity contribution is -0.133. The number of methoxy groups -OCH3 is 1. The Hall–Kier alpha value is -0.810. The van der Waals surface area contributed by atoms with Gasteiger partial charge in [-0.15, -0.1) is 12.4 Å². The Morgan fingerprint density at radius 3 is 2.82 bits per heavy atom. The van der Waals surface area contributed by atoms with Gasteiger partial charge in [0.05, 0.1) is 12.0 Å². The van der Waals surface area contributed by atoms with Crippen LogP contribution in [0.5, 0.6) is 0 Å². The average molecular weight is 345 g/mol. The van der Waals surface area contributed by atoms with Gasteiger partial charge in [0.25, 0.3) is 0 Å². The van der Waals surface area contributed by atoms with Gasteiger partial charge in [0.15, 0.2) is 0 Å². The number of benzene rings is 1. The van der Waals surface area contributed by atoms with Crippen molar-refractivity contribution in [2.75, 3.05) is 38.3 Å². The quantitative estimate of drug-likeness (QED) is 0.916. The van der Waals surface area contributed by atoms with Crippen LogP contribution < -0.4 is 10.2 Å². The normalized spacial score (nSPS) is 19.5. The number of anilines is 1. The zero-order valence-corrected chi connectivity index (χ0v) is 14.3. The first-order valence-corrected chi connectivity index (χ1v) is 7.85. The van der Waals surface area contributed by atoms with E-state index in [0.29, 0.717) is 6.61 Å². The Labute approximate surface area is 142 Å². The molecule has 22 heavy (non-hydrogen) atoms. The van der Waals surface area contributed by atoms with Crippen LogP contribution in [0.2, 0.25) is 5.02 Å². The molecule has 122 valence electrons. The second kappa shape index (κ2) is 7.18. The van der Waals surface area contributed by atoms with Crippen molar-refractivity contribution in [1.82, 2.24) is 5.32 Å². The van der Waals surface area contributed by atoms with Gasteiger partial charge < -0.3 is 15.0 Å². The molecule has 2 aliphatic heterocycles. The Bertz CT molecular complexity index is 539. The van der Waals surface area contributed by atoms with Gasteiger partial charge >= 0.3 is 0 Å². The van der Waals surface area contributed by atoms with E-state index in [1.807, 2.05) is 23.1 Å². The molecule has 6 heteroatoms. The predicted octanol–water partition coefficient (Wildman–Crippen LogP) is 2.67. The highest BCUT2D eigenvalue weighted by Crippen LogP contribution is 2.39. The minimum absolute atomic E-state index is 0. The number of ether oxygens (including phenoxy) is 1. The van der Waals surface area contributed by atoms with E-state index in [1.54, 1.807) is 7.11 Å². The van der Waals surface area contributed by atoms with E-state index >= 15 is 0 Å². The van der Waals surface area contributed by atoms with Crippen LogP contribution in [0.4, 0.5) is 5.69 Å². The third kappa shape index (κ3) is 2.98. The first-order chi connectivity index (χ1) is 10.2. The molecule has 1 N–H and O–H groups in total. The van der Waals surface area contributed by atoms with E-state index in [2.05, 4.69) is 5.32 Å². The molecule has 0 saturated carbocycles. The first-order valence-electron chi connectivity index (χ1n) is 7.47. The summed E-state index contributed by atoms with van der Waals surface area (Å²) in [5.41, 5.74) is 1.67. The molecule has 0 spiro atoms. The molecule has 1 aromatic carbocycles. The smallest absolute Gasteiger partial charge is 0.235 e. The highest BCUT2D eigenvalue weighted by atomic mass is 35.5. The average Bonchev–Trinajstić information content (AvgIpc) is 2.93. The topological polar surface area (TPSA) is 41.6 Å². The number of hydrogen-bond donors (Lipinski definition) is 1. The second-order valence-corrected chi connectivity index (χ2v) is 6.31. The first kappa shape index (κ1) is 17.5. The number of halogens is 2. The molecule has 0 aliphatic carbocycles. The van der Waals surface area contributed by atoms with Crippen molar-refractivity contribution >= 4 is 35.6 Å². The van der Waals surface area contributed by atoms with E-state index in [9.17, 15) is 4.79 Å². The van der Waals surface area contributed by atoms with Gasteiger partial charge in [-0.1, -0.05) is 17.7 Å². The molecule has 2 heterocycles. The number of hydrogen-bond acceptors (Lipinski definition) is 3. The molecule has 1 saturated heterocycles. The summed E-state index contributed by atoms with van der Waals surface area (Å²) in [6.07, 6.45) is 2.49. The molecule has 0 radical (unpaired) electrons. The van der Waals surface area contributed by atoms with Crippen molar-refractivity contribution in [3.8, 4) is 0 Å². The van der Waals surface area contributed by atoms with Crippen LogP contribution in [0.25, 0.3) is 0 Å². The third-order valence-corrected chi connectivity index (χ3v) is 5.00. The van der Waals surface area contributed by atoms with Crippen LogP contribution in [-0.2, 0) is 16.0 Å². The minimum atomic E-state index is -0.399. The molecule has 0 atom stereocenters. The molecular formula is C16H22Cl2N2O2. The molecular weight excluding hydrogens is 323 g/mol. The number of piperidine rings is 1. The number of rotatable bonds is 3. The summed E-state index contributed by atoms with van der Waals surface area (Å²) in [6.45, 7) is 2.94. The Kier molecular flexibility index (Phi) is 5.72. The fourth-order valence-electron chi connectivity index (χ4n) is 3.49. The monoisotopic (exact) mass is 344 g/mol. The number of amides is 1. The largest absolute Gasteiger partial charge is 0.384 e. The summed E-state index contributed by atoms with van der Waals surface area (Å²) in [7, 11) is 1.67. The Morgan fingerprint density at radius 1 is 1.41 bits per heavy atom. The lowest BCUT2D eigenvalue weighted by Crippen LogP contribution is -2.51. The van der Waals surface area contributed by atoms with E-state index < -0.39 is 5.41 Å². The highest BCUT2D eigenvalue weighted by molar-refractivity contribution is 6.32. The van der Waals surface area contributed by atoms with Gasteiger partial charge in [0, 0.05) is 24.4 Å². The number of nitrogens with one attached hydrogen (secondary N) is 1. The van der Waals surface area contributed by atoms with Crippen LogP contribution in [0.3, 0.4) is 0 Å². The van der Waals surface area contributed by atoms with Gasteiger partial charge in [-0.2, -0.15) is 0 Å². The van der Waals surface area contributed by atoms with Gasteiger partial charge in [0.2, 0.25) is 5.91 Å². The fourth-order valence-corrected chi connectivity index (χ4v) is 3.75. The van der Waals surface area contributed by atoms with Crippen LogP contribution in [0.15, 0.2) is 18.2 Å².